The van der Waals surface area contributed by atoms with Gasteiger partial charge in [0.1, 0.15) is 0 Å². The molecule has 4 nitrogen and oxygen atoms in total. The Kier molecular flexibility index (Phi) is 4.27. The topological polar surface area (TPSA) is 40.6 Å². The molecule has 122 valence electrons. The van der Waals surface area contributed by atoms with E-state index < -0.39 is 10.0 Å². The highest BCUT2D eigenvalue weighted by atomic mass is 35.5. The van der Waals surface area contributed by atoms with Gasteiger partial charge in [0.2, 0.25) is 10.0 Å². The largest absolute Gasteiger partial charge is 0.297 e. The number of hydrogen-bond donors (Lipinski definition) is 0. The van der Waals surface area contributed by atoms with Gasteiger partial charge in [-0.05, 0) is 56.9 Å². The Labute approximate surface area is 138 Å². The Morgan fingerprint density at radius 1 is 1.14 bits per heavy atom. The zero-order valence-corrected chi connectivity index (χ0v) is 14.9. The lowest BCUT2D eigenvalue weighted by atomic mass is 10.2. The molecule has 1 aromatic rings. The van der Waals surface area contributed by atoms with Crippen LogP contribution in [0.3, 0.4) is 0 Å². The molecule has 1 aromatic carbocycles. The van der Waals surface area contributed by atoms with Crippen LogP contribution >= 0.6 is 11.6 Å². The van der Waals surface area contributed by atoms with Gasteiger partial charge in [0.15, 0.2) is 0 Å². The van der Waals surface area contributed by atoms with Gasteiger partial charge in [0.05, 0.1) is 4.90 Å². The van der Waals surface area contributed by atoms with E-state index in [0.717, 1.165) is 18.7 Å². The molecule has 1 aliphatic carbocycles. The number of nitrogens with zero attached hydrogens (tertiary/aromatic N) is 2. The average Bonchev–Trinajstić information content (AvgIpc) is 3.26. The van der Waals surface area contributed by atoms with Crippen molar-refractivity contribution in [2.75, 3.05) is 19.6 Å². The second-order valence-electron chi connectivity index (χ2n) is 6.56. The van der Waals surface area contributed by atoms with Crippen LogP contribution in [0.5, 0.6) is 0 Å². The van der Waals surface area contributed by atoms with Gasteiger partial charge in [-0.3, -0.25) is 4.90 Å². The lowest BCUT2D eigenvalue weighted by molar-refractivity contribution is 0.137. The van der Waals surface area contributed by atoms with Crippen LogP contribution in [0.4, 0.5) is 0 Å². The average molecular weight is 343 g/mol. The Morgan fingerprint density at radius 3 is 2.41 bits per heavy atom. The normalized spacial score (nSPS) is 24.6. The molecule has 1 atom stereocenters. The zero-order valence-electron chi connectivity index (χ0n) is 13.3. The molecule has 3 rings (SSSR count). The molecule has 0 radical (unpaired) electrons. The van der Waals surface area contributed by atoms with Crippen molar-refractivity contribution in [3.05, 3.63) is 28.3 Å². The van der Waals surface area contributed by atoms with Crippen LogP contribution < -0.4 is 0 Å². The third kappa shape index (κ3) is 2.92. The van der Waals surface area contributed by atoms with Gasteiger partial charge >= 0.3 is 0 Å². The summed E-state index contributed by atoms with van der Waals surface area (Å²) in [5.74, 6) is 0. The third-order valence-corrected chi connectivity index (χ3v) is 7.27. The first-order valence-electron chi connectivity index (χ1n) is 7.83. The highest BCUT2D eigenvalue weighted by Crippen LogP contribution is 2.32. The standard InChI is InChI=1S/C16H23ClN2O2S/c1-11-9-16(12(2)8-15(11)17)22(20,21)19-7-6-18(10-13(19)3)14-4-5-14/h8-9,13-14H,4-7,10H2,1-3H3. The van der Waals surface area contributed by atoms with Crippen LogP contribution in [0, 0.1) is 13.8 Å². The highest BCUT2D eigenvalue weighted by Gasteiger charge is 2.39. The van der Waals surface area contributed by atoms with Gasteiger partial charge < -0.3 is 0 Å². The molecule has 0 spiro atoms. The summed E-state index contributed by atoms with van der Waals surface area (Å²) in [6.07, 6.45) is 2.52. The van der Waals surface area contributed by atoms with Gasteiger partial charge in [-0.15, -0.1) is 0 Å². The summed E-state index contributed by atoms with van der Waals surface area (Å²) in [4.78, 5) is 2.82. The van der Waals surface area contributed by atoms with E-state index in [0.29, 0.717) is 28.1 Å². The number of sulfonamides is 1. The van der Waals surface area contributed by atoms with Crippen molar-refractivity contribution >= 4 is 21.6 Å². The van der Waals surface area contributed by atoms with Crippen LogP contribution in [0.25, 0.3) is 0 Å². The summed E-state index contributed by atoms with van der Waals surface area (Å²) in [6.45, 7) is 7.89. The second kappa shape index (κ2) is 5.78. The first kappa shape index (κ1) is 16.2. The minimum Gasteiger partial charge on any atom is -0.297 e. The summed E-state index contributed by atoms with van der Waals surface area (Å²) in [5.41, 5.74) is 1.52. The van der Waals surface area contributed by atoms with Crippen LogP contribution in [-0.2, 0) is 10.0 Å². The minimum absolute atomic E-state index is 0.00901. The number of halogens is 1. The first-order chi connectivity index (χ1) is 10.3. The Balaban J connectivity index is 1.88. The van der Waals surface area contributed by atoms with Crippen molar-refractivity contribution < 1.29 is 8.42 Å². The predicted molar refractivity (Wildman–Crippen MR) is 88.9 cm³/mol. The summed E-state index contributed by atoms with van der Waals surface area (Å²) in [5, 5.41) is 0.614. The molecular weight excluding hydrogens is 320 g/mol. The Morgan fingerprint density at radius 2 is 1.82 bits per heavy atom. The minimum atomic E-state index is -3.46. The highest BCUT2D eigenvalue weighted by molar-refractivity contribution is 7.89. The summed E-state index contributed by atoms with van der Waals surface area (Å²) in [6, 6.07) is 4.14. The maximum absolute atomic E-state index is 13.0. The molecule has 6 heteroatoms. The van der Waals surface area contributed by atoms with Gasteiger partial charge in [0, 0.05) is 36.7 Å². The number of aryl methyl sites for hydroxylation is 2. The molecule has 1 aliphatic heterocycles. The molecule has 1 heterocycles. The first-order valence-corrected chi connectivity index (χ1v) is 9.65. The van der Waals surface area contributed by atoms with E-state index in [4.69, 9.17) is 11.6 Å². The van der Waals surface area contributed by atoms with Gasteiger partial charge in [-0.1, -0.05) is 11.6 Å². The molecule has 0 amide bonds. The lowest BCUT2D eigenvalue weighted by Gasteiger charge is -2.39. The van der Waals surface area contributed by atoms with Crippen LogP contribution in [0.15, 0.2) is 17.0 Å². The van der Waals surface area contributed by atoms with E-state index in [-0.39, 0.29) is 6.04 Å². The quantitative estimate of drug-likeness (QED) is 0.848. The van der Waals surface area contributed by atoms with E-state index >= 15 is 0 Å². The van der Waals surface area contributed by atoms with Gasteiger partial charge in [-0.2, -0.15) is 4.31 Å². The monoisotopic (exact) mass is 342 g/mol. The maximum Gasteiger partial charge on any atom is 0.243 e. The van der Waals surface area contributed by atoms with E-state index in [1.54, 1.807) is 16.4 Å². The number of piperazine rings is 1. The molecule has 0 aromatic heterocycles. The molecule has 0 N–H and O–H groups in total. The number of hydrogen-bond acceptors (Lipinski definition) is 3. The van der Waals surface area contributed by atoms with E-state index in [1.165, 1.54) is 12.8 Å². The molecule has 22 heavy (non-hydrogen) atoms. The lowest BCUT2D eigenvalue weighted by Crippen LogP contribution is -2.54. The van der Waals surface area contributed by atoms with Crippen molar-refractivity contribution in [2.24, 2.45) is 0 Å². The summed E-state index contributed by atoms with van der Waals surface area (Å²) >= 11 is 6.10. The number of rotatable bonds is 3. The Bertz CT molecular complexity index is 686. The van der Waals surface area contributed by atoms with Crippen LogP contribution in [-0.4, -0.2) is 49.3 Å². The van der Waals surface area contributed by atoms with E-state index in [1.807, 2.05) is 20.8 Å². The van der Waals surface area contributed by atoms with Crippen LogP contribution in [0.1, 0.15) is 30.9 Å². The Hall–Kier alpha value is -0.620. The molecule has 1 unspecified atom stereocenters. The summed E-state index contributed by atoms with van der Waals surface area (Å²) < 4.78 is 27.7. The molecule has 2 aliphatic rings. The van der Waals surface area contributed by atoms with Crippen molar-refractivity contribution in [1.29, 1.82) is 0 Å². The second-order valence-corrected chi connectivity index (χ2v) is 8.82. The van der Waals surface area contributed by atoms with E-state index in [9.17, 15) is 8.42 Å². The fourth-order valence-electron chi connectivity index (χ4n) is 3.26. The fraction of sp³-hybridized carbons (Fsp3) is 0.625. The SMILES string of the molecule is Cc1cc(S(=O)(=O)N2CCN(C3CC3)CC2C)c(C)cc1Cl. The van der Waals surface area contributed by atoms with Crippen molar-refractivity contribution in [1.82, 2.24) is 9.21 Å². The van der Waals surface area contributed by atoms with Crippen molar-refractivity contribution in [3.63, 3.8) is 0 Å². The molecular formula is C16H23ClN2O2S. The molecule has 0 bridgehead atoms. The maximum atomic E-state index is 13.0. The van der Waals surface area contributed by atoms with Gasteiger partial charge in [-0.25, -0.2) is 8.42 Å². The molecule has 1 saturated carbocycles. The third-order valence-electron chi connectivity index (χ3n) is 4.70. The van der Waals surface area contributed by atoms with Crippen molar-refractivity contribution in [3.8, 4) is 0 Å². The van der Waals surface area contributed by atoms with Crippen LogP contribution in [0.2, 0.25) is 5.02 Å². The van der Waals surface area contributed by atoms with Gasteiger partial charge in [0.25, 0.3) is 0 Å². The summed E-state index contributed by atoms with van der Waals surface area (Å²) in [7, 11) is -3.46. The number of benzene rings is 1. The molecule has 2 fully saturated rings. The smallest absolute Gasteiger partial charge is 0.243 e. The van der Waals surface area contributed by atoms with Crippen molar-refractivity contribution in [2.45, 2.75) is 50.6 Å². The predicted octanol–water partition coefficient (Wildman–Crippen LogP) is 2.81. The molecule has 1 saturated heterocycles. The van der Waals surface area contributed by atoms with E-state index in [2.05, 4.69) is 4.90 Å². The zero-order chi connectivity index (χ0) is 16.1. The fourth-order valence-corrected chi connectivity index (χ4v) is 5.38.